The second-order valence-electron chi connectivity index (χ2n) is 4.67. The normalized spacial score (nSPS) is 19.5. The zero-order chi connectivity index (χ0) is 13.4. The molecule has 96 valence electrons. The zero-order valence-electron chi connectivity index (χ0n) is 10.2. The molecule has 1 aliphatic rings. The number of piperidine rings is 1. The van der Waals surface area contributed by atoms with Gasteiger partial charge >= 0.3 is 0 Å². The molecule has 0 saturated carbocycles. The third-order valence-electron chi connectivity index (χ3n) is 3.48. The fraction of sp³-hybridized carbons (Fsp3) is 0.214. The monoisotopic (exact) mass is 255 g/mol. The number of anilines is 1. The van der Waals surface area contributed by atoms with Gasteiger partial charge in [0, 0.05) is 29.9 Å². The standard InChI is InChI=1S/C14H13N3O2/c15-12-3-1-2-8-10(6-16-7-11(8)12)9-4-5-13(18)17-14(9)19/h1-3,6-7,9H,4-5,15H2,(H,17,18,19). The van der Waals surface area contributed by atoms with E-state index in [2.05, 4.69) is 10.3 Å². The summed E-state index contributed by atoms with van der Waals surface area (Å²) in [5, 5.41) is 4.13. The molecule has 5 nitrogen and oxygen atoms in total. The molecule has 2 amide bonds. The third kappa shape index (κ3) is 1.93. The minimum absolute atomic E-state index is 0.214. The van der Waals surface area contributed by atoms with Crippen molar-refractivity contribution in [3.8, 4) is 0 Å². The first-order valence-corrected chi connectivity index (χ1v) is 6.12. The SMILES string of the molecule is Nc1cccc2c(C3CCC(=O)NC3=O)cncc12. The Morgan fingerprint density at radius 1 is 1.21 bits per heavy atom. The minimum atomic E-state index is -0.337. The zero-order valence-corrected chi connectivity index (χ0v) is 10.2. The maximum atomic E-state index is 11.9. The fourth-order valence-electron chi connectivity index (χ4n) is 2.51. The molecule has 1 saturated heterocycles. The number of nitrogens with two attached hydrogens (primary N) is 1. The Morgan fingerprint density at radius 3 is 2.84 bits per heavy atom. The number of pyridine rings is 1. The van der Waals surface area contributed by atoms with Crippen LogP contribution in [0.15, 0.2) is 30.6 Å². The van der Waals surface area contributed by atoms with Crippen LogP contribution in [0.4, 0.5) is 5.69 Å². The van der Waals surface area contributed by atoms with Crippen LogP contribution in [0.1, 0.15) is 24.3 Å². The van der Waals surface area contributed by atoms with Crippen molar-refractivity contribution in [2.75, 3.05) is 5.73 Å². The summed E-state index contributed by atoms with van der Waals surface area (Å²) in [6, 6.07) is 5.58. The molecule has 1 unspecified atom stereocenters. The van der Waals surface area contributed by atoms with Crippen molar-refractivity contribution in [1.29, 1.82) is 0 Å². The van der Waals surface area contributed by atoms with E-state index in [0.717, 1.165) is 16.3 Å². The van der Waals surface area contributed by atoms with Gasteiger partial charge in [-0.05, 0) is 23.4 Å². The number of carbonyl (C=O) groups excluding carboxylic acids is 2. The molecule has 1 aliphatic heterocycles. The highest BCUT2D eigenvalue weighted by molar-refractivity contribution is 6.04. The quantitative estimate of drug-likeness (QED) is 0.594. The average molecular weight is 255 g/mol. The van der Waals surface area contributed by atoms with Gasteiger partial charge in [0.15, 0.2) is 0 Å². The Bertz CT molecular complexity index is 681. The second-order valence-corrected chi connectivity index (χ2v) is 4.67. The Balaban J connectivity index is 2.13. The summed E-state index contributed by atoms with van der Waals surface area (Å²) in [7, 11) is 0. The lowest BCUT2D eigenvalue weighted by atomic mass is 9.88. The number of benzene rings is 1. The highest BCUT2D eigenvalue weighted by atomic mass is 16.2. The number of imide groups is 1. The first kappa shape index (κ1) is 11.6. The number of nitrogens with one attached hydrogen (secondary N) is 1. The van der Waals surface area contributed by atoms with Gasteiger partial charge in [0.25, 0.3) is 0 Å². The van der Waals surface area contributed by atoms with Gasteiger partial charge in [-0.3, -0.25) is 19.9 Å². The van der Waals surface area contributed by atoms with E-state index >= 15 is 0 Å². The largest absolute Gasteiger partial charge is 0.398 e. The van der Waals surface area contributed by atoms with Crippen molar-refractivity contribution in [3.63, 3.8) is 0 Å². The summed E-state index contributed by atoms with van der Waals surface area (Å²) < 4.78 is 0. The van der Waals surface area contributed by atoms with E-state index in [0.29, 0.717) is 18.5 Å². The van der Waals surface area contributed by atoms with E-state index in [1.807, 2.05) is 12.1 Å². The van der Waals surface area contributed by atoms with E-state index in [1.54, 1.807) is 18.5 Å². The number of amides is 2. The lowest BCUT2D eigenvalue weighted by Crippen LogP contribution is -2.39. The van der Waals surface area contributed by atoms with Crippen molar-refractivity contribution in [2.24, 2.45) is 0 Å². The topological polar surface area (TPSA) is 85.1 Å². The first-order valence-electron chi connectivity index (χ1n) is 6.12. The van der Waals surface area contributed by atoms with E-state index in [-0.39, 0.29) is 17.7 Å². The lowest BCUT2D eigenvalue weighted by Gasteiger charge is -2.22. The summed E-state index contributed by atoms with van der Waals surface area (Å²) in [6.45, 7) is 0. The number of aromatic nitrogens is 1. The second kappa shape index (κ2) is 4.35. The number of nitrogens with zero attached hydrogens (tertiary/aromatic N) is 1. The molecule has 19 heavy (non-hydrogen) atoms. The summed E-state index contributed by atoms with van der Waals surface area (Å²) in [5.41, 5.74) is 7.38. The van der Waals surface area contributed by atoms with Gasteiger partial charge in [-0.15, -0.1) is 0 Å². The number of hydrogen-bond donors (Lipinski definition) is 2. The molecule has 0 bridgehead atoms. The predicted molar refractivity (Wildman–Crippen MR) is 71.3 cm³/mol. The predicted octanol–water partition coefficient (Wildman–Crippen LogP) is 1.34. The van der Waals surface area contributed by atoms with Gasteiger partial charge in [0.2, 0.25) is 11.8 Å². The summed E-state index contributed by atoms with van der Waals surface area (Å²) in [6.07, 6.45) is 4.25. The summed E-state index contributed by atoms with van der Waals surface area (Å²) >= 11 is 0. The van der Waals surface area contributed by atoms with Gasteiger partial charge in [-0.1, -0.05) is 12.1 Å². The van der Waals surface area contributed by atoms with Crippen molar-refractivity contribution >= 4 is 28.3 Å². The molecule has 1 atom stereocenters. The molecule has 1 fully saturated rings. The molecule has 2 aromatic rings. The third-order valence-corrected chi connectivity index (χ3v) is 3.48. The highest BCUT2D eigenvalue weighted by Crippen LogP contribution is 2.31. The molecule has 0 radical (unpaired) electrons. The van der Waals surface area contributed by atoms with Gasteiger partial charge in [-0.25, -0.2) is 0 Å². The van der Waals surface area contributed by atoms with Crippen LogP contribution < -0.4 is 11.1 Å². The van der Waals surface area contributed by atoms with Crippen LogP contribution in [0, 0.1) is 0 Å². The molecule has 0 spiro atoms. The van der Waals surface area contributed by atoms with Gasteiger partial charge < -0.3 is 5.73 Å². The molecule has 1 aromatic carbocycles. The van der Waals surface area contributed by atoms with Crippen LogP contribution in [-0.2, 0) is 9.59 Å². The Labute approximate surface area is 109 Å². The van der Waals surface area contributed by atoms with Crippen LogP contribution in [-0.4, -0.2) is 16.8 Å². The van der Waals surface area contributed by atoms with E-state index in [1.165, 1.54) is 0 Å². The molecule has 3 rings (SSSR count). The van der Waals surface area contributed by atoms with Crippen LogP contribution in [0.5, 0.6) is 0 Å². The van der Waals surface area contributed by atoms with Crippen molar-refractivity contribution in [1.82, 2.24) is 10.3 Å². The number of fused-ring (bicyclic) bond motifs is 1. The van der Waals surface area contributed by atoms with E-state index < -0.39 is 0 Å². The maximum Gasteiger partial charge on any atom is 0.234 e. The lowest BCUT2D eigenvalue weighted by molar-refractivity contribution is -0.134. The Hall–Kier alpha value is -2.43. The smallest absolute Gasteiger partial charge is 0.234 e. The van der Waals surface area contributed by atoms with Crippen molar-refractivity contribution in [2.45, 2.75) is 18.8 Å². The Morgan fingerprint density at radius 2 is 2.05 bits per heavy atom. The van der Waals surface area contributed by atoms with Gasteiger partial charge in [0.1, 0.15) is 0 Å². The Kier molecular flexibility index (Phi) is 2.67. The average Bonchev–Trinajstić information content (AvgIpc) is 2.39. The van der Waals surface area contributed by atoms with Crippen LogP contribution >= 0.6 is 0 Å². The molecular weight excluding hydrogens is 242 g/mol. The molecule has 5 heteroatoms. The van der Waals surface area contributed by atoms with Gasteiger partial charge in [0.05, 0.1) is 5.92 Å². The maximum absolute atomic E-state index is 11.9. The summed E-state index contributed by atoms with van der Waals surface area (Å²) in [5.74, 6) is -0.808. The van der Waals surface area contributed by atoms with Gasteiger partial charge in [-0.2, -0.15) is 0 Å². The van der Waals surface area contributed by atoms with E-state index in [9.17, 15) is 9.59 Å². The van der Waals surface area contributed by atoms with Crippen molar-refractivity contribution < 1.29 is 9.59 Å². The highest BCUT2D eigenvalue weighted by Gasteiger charge is 2.29. The fourth-order valence-corrected chi connectivity index (χ4v) is 2.51. The summed E-state index contributed by atoms with van der Waals surface area (Å²) in [4.78, 5) is 27.3. The molecular formula is C14H13N3O2. The number of carbonyl (C=O) groups is 2. The van der Waals surface area contributed by atoms with Crippen LogP contribution in [0.3, 0.4) is 0 Å². The number of rotatable bonds is 1. The van der Waals surface area contributed by atoms with Crippen molar-refractivity contribution in [3.05, 3.63) is 36.2 Å². The molecule has 1 aromatic heterocycles. The molecule has 0 aliphatic carbocycles. The van der Waals surface area contributed by atoms with E-state index in [4.69, 9.17) is 5.73 Å². The molecule has 2 heterocycles. The number of hydrogen-bond acceptors (Lipinski definition) is 4. The molecule has 3 N–H and O–H groups in total. The first-order chi connectivity index (χ1) is 9.16. The van der Waals surface area contributed by atoms with Crippen LogP contribution in [0.25, 0.3) is 10.8 Å². The van der Waals surface area contributed by atoms with Crippen LogP contribution in [0.2, 0.25) is 0 Å². The number of nitrogen functional groups attached to an aromatic ring is 1. The minimum Gasteiger partial charge on any atom is -0.398 e.